The third-order valence-corrected chi connectivity index (χ3v) is 4.91. The maximum Gasteiger partial charge on any atom is 0.291 e. The van der Waals surface area contributed by atoms with E-state index in [4.69, 9.17) is 0 Å². The molecular weight excluding hydrogens is 432 g/mol. The maximum atomic E-state index is 12.3. The molecule has 4 aromatic rings. The van der Waals surface area contributed by atoms with Crippen molar-refractivity contribution in [1.82, 2.24) is 15.2 Å². The SMILES string of the molecule is O=C(N/N=C\c1c(O)ccc2ccccc12)c1ccn(Cc2cccc(Br)c2)n1. The summed E-state index contributed by atoms with van der Waals surface area (Å²) in [7, 11) is 0. The van der Waals surface area contributed by atoms with Crippen LogP contribution in [0.2, 0.25) is 0 Å². The number of amides is 1. The van der Waals surface area contributed by atoms with Crippen molar-refractivity contribution in [2.45, 2.75) is 6.54 Å². The molecule has 29 heavy (non-hydrogen) atoms. The zero-order valence-corrected chi connectivity index (χ0v) is 16.9. The molecule has 144 valence electrons. The number of nitrogens with one attached hydrogen (secondary N) is 1. The van der Waals surface area contributed by atoms with Gasteiger partial charge in [-0.15, -0.1) is 0 Å². The zero-order valence-electron chi connectivity index (χ0n) is 15.3. The van der Waals surface area contributed by atoms with Gasteiger partial charge in [-0.1, -0.05) is 58.4 Å². The van der Waals surface area contributed by atoms with Crippen LogP contribution in [0.25, 0.3) is 10.8 Å². The van der Waals surface area contributed by atoms with Crippen molar-refractivity contribution in [2.75, 3.05) is 0 Å². The molecular formula is C22H17BrN4O2. The largest absolute Gasteiger partial charge is 0.507 e. The third-order valence-electron chi connectivity index (χ3n) is 4.41. The third kappa shape index (κ3) is 4.35. The number of phenols is 1. The number of halogens is 1. The number of benzene rings is 3. The lowest BCUT2D eigenvalue weighted by molar-refractivity contribution is 0.0949. The van der Waals surface area contributed by atoms with Crippen LogP contribution in [-0.4, -0.2) is 27.0 Å². The highest BCUT2D eigenvalue weighted by Crippen LogP contribution is 2.25. The van der Waals surface area contributed by atoms with Crippen LogP contribution in [-0.2, 0) is 6.54 Å². The number of phenolic OH excluding ortho intramolecular Hbond substituents is 1. The summed E-state index contributed by atoms with van der Waals surface area (Å²) in [6.07, 6.45) is 3.18. The van der Waals surface area contributed by atoms with E-state index in [0.29, 0.717) is 12.1 Å². The fourth-order valence-corrected chi connectivity index (χ4v) is 3.47. The average Bonchev–Trinajstić information content (AvgIpc) is 3.18. The molecule has 1 amide bonds. The van der Waals surface area contributed by atoms with Crippen molar-refractivity contribution in [2.24, 2.45) is 5.10 Å². The molecule has 0 saturated heterocycles. The summed E-state index contributed by atoms with van der Waals surface area (Å²) in [6.45, 7) is 0.555. The number of carbonyl (C=O) groups excluding carboxylic acids is 1. The van der Waals surface area contributed by atoms with Gasteiger partial charge in [0.25, 0.3) is 5.91 Å². The lowest BCUT2D eigenvalue weighted by atomic mass is 10.0. The summed E-state index contributed by atoms with van der Waals surface area (Å²) in [5, 5.41) is 20.2. The topological polar surface area (TPSA) is 79.5 Å². The molecule has 0 spiro atoms. The highest BCUT2D eigenvalue weighted by Gasteiger charge is 2.09. The van der Waals surface area contributed by atoms with E-state index in [1.807, 2.05) is 54.6 Å². The second-order valence-corrected chi connectivity index (χ2v) is 7.36. The molecule has 2 N–H and O–H groups in total. The van der Waals surface area contributed by atoms with Gasteiger partial charge in [-0.25, -0.2) is 5.43 Å². The first kappa shape index (κ1) is 18.9. The number of fused-ring (bicyclic) bond motifs is 1. The Bertz CT molecular complexity index is 1220. The van der Waals surface area contributed by atoms with Gasteiger partial charge < -0.3 is 5.11 Å². The molecule has 0 saturated carbocycles. The van der Waals surface area contributed by atoms with Crippen LogP contribution in [0, 0.1) is 0 Å². The lowest BCUT2D eigenvalue weighted by Gasteiger charge is -2.04. The summed E-state index contributed by atoms with van der Waals surface area (Å²) < 4.78 is 2.68. The molecule has 1 aromatic heterocycles. The fourth-order valence-electron chi connectivity index (χ4n) is 3.03. The Labute approximate surface area is 175 Å². The minimum Gasteiger partial charge on any atom is -0.507 e. The number of hydrogen-bond donors (Lipinski definition) is 2. The molecule has 0 fully saturated rings. The van der Waals surface area contributed by atoms with E-state index in [1.54, 1.807) is 23.0 Å². The Morgan fingerprint density at radius 1 is 1.14 bits per heavy atom. The number of hydrogen-bond acceptors (Lipinski definition) is 4. The normalized spacial score (nSPS) is 11.2. The molecule has 7 heteroatoms. The van der Waals surface area contributed by atoms with Gasteiger partial charge in [0, 0.05) is 16.2 Å². The average molecular weight is 449 g/mol. The smallest absolute Gasteiger partial charge is 0.291 e. The molecule has 4 rings (SSSR count). The van der Waals surface area contributed by atoms with E-state index < -0.39 is 5.91 Å². The summed E-state index contributed by atoms with van der Waals surface area (Å²) in [5.74, 6) is -0.325. The van der Waals surface area contributed by atoms with Gasteiger partial charge >= 0.3 is 0 Å². The van der Waals surface area contributed by atoms with E-state index in [0.717, 1.165) is 20.8 Å². The quantitative estimate of drug-likeness (QED) is 0.352. The van der Waals surface area contributed by atoms with E-state index in [-0.39, 0.29) is 11.4 Å². The molecule has 0 bridgehead atoms. The van der Waals surface area contributed by atoms with Crippen molar-refractivity contribution < 1.29 is 9.90 Å². The highest BCUT2D eigenvalue weighted by molar-refractivity contribution is 9.10. The first-order valence-electron chi connectivity index (χ1n) is 8.92. The first-order chi connectivity index (χ1) is 14.1. The van der Waals surface area contributed by atoms with Crippen molar-refractivity contribution in [3.05, 3.63) is 94.2 Å². The second-order valence-electron chi connectivity index (χ2n) is 6.45. The Kier molecular flexibility index (Phi) is 5.39. The summed E-state index contributed by atoms with van der Waals surface area (Å²) >= 11 is 3.44. The van der Waals surface area contributed by atoms with Gasteiger partial charge in [0.1, 0.15) is 5.75 Å². The van der Waals surface area contributed by atoms with Gasteiger partial charge in [-0.2, -0.15) is 10.2 Å². The molecule has 6 nitrogen and oxygen atoms in total. The fraction of sp³-hybridized carbons (Fsp3) is 0.0455. The number of aromatic hydroxyl groups is 1. The van der Waals surface area contributed by atoms with Gasteiger partial charge in [0.2, 0.25) is 0 Å². The standard InChI is InChI=1S/C22H17BrN4O2/c23-17-6-3-4-15(12-17)14-27-11-10-20(26-27)22(29)25-24-13-19-18-7-2-1-5-16(18)8-9-21(19)28/h1-13,28H,14H2,(H,25,29)/b24-13-. The predicted octanol–water partition coefficient (Wildman–Crippen LogP) is 4.32. The van der Waals surface area contributed by atoms with E-state index in [2.05, 4.69) is 31.6 Å². The Morgan fingerprint density at radius 3 is 2.86 bits per heavy atom. The Morgan fingerprint density at radius 2 is 2.00 bits per heavy atom. The number of hydrazone groups is 1. The van der Waals surface area contributed by atoms with Crippen LogP contribution in [0.15, 0.2) is 82.5 Å². The Hall–Kier alpha value is -3.45. The number of carbonyl (C=O) groups is 1. The van der Waals surface area contributed by atoms with Crippen molar-refractivity contribution in [3.8, 4) is 5.75 Å². The minimum atomic E-state index is -0.422. The van der Waals surface area contributed by atoms with Gasteiger partial charge in [-0.05, 0) is 40.6 Å². The molecule has 0 atom stereocenters. The molecule has 0 radical (unpaired) electrons. The number of aromatic nitrogens is 2. The predicted molar refractivity (Wildman–Crippen MR) is 116 cm³/mol. The molecule has 0 unspecified atom stereocenters. The van der Waals surface area contributed by atoms with Crippen LogP contribution >= 0.6 is 15.9 Å². The van der Waals surface area contributed by atoms with Gasteiger partial charge in [0.05, 0.1) is 12.8 Å². The van der Waals surface area contributed by atoms with Crippen LogP contribution in [0.4, 0.5) is 0 Å². The van der Waals surface area contributed by atoms with Crippen molar-refractivity contribution >= 4 is 38.8 Å². The van der Waals surface area contributed by atoms with Crippen molar-refractivity contribution in [3.63, 3.8) is 0 Å². The van der Waals surface area contributed by atoms with E-state index >= 15 is 0 Å². The summed E-state index contributed by atoms with van der Waals surface area (Å²) in [6, 6.07) is 20.6. The zero-order chi connectivity index (χ0) is 20.2. The van der Waals surface area contributed by atoms with Crippen LogP contribution in [0.3, 0.4) is 0 Å². The minimum absolute atomic E-state index is 0.0972. The van der Waals surface area contributed by atoms with Gasteiger partial charge in [0.15, 0.2) is 5.69 Å². The summed E-state index contributed by atoms with van der Waals surface area (Å²) in [4.78, 5) is 12.3. The molecule has 0 aliphatic carbocycles. The highest BCUT2D eigenvalue weighted by atomic mass is 79.9. The van der Waals surface area contributed by atoms with Crippen LogP contribution in [0.1, 0.15) is 21.6 Å². The molecule has 0 aliphatic heterocycles. The molecule has 3 aromatic carbocycles. The first-order valence-corrected chi connectivity index (χ1v) is 9.71. The van der Waals surface area contributed by atoms with Crippen LogP contribution in [0.5, 0.6) is 5.75 Å². The van der Waals surface area contributed by atoms with E-state index in [1.165, 1.54) is 6.21 Å². The number of rotatable bonds is 5. The number of nitrogens with zero attached hydrogens (tertiary/aromatic N) is 3. The van der Waals surface area contributed by atoms with E-state index in [9.17, 15) is 9.90 Å². The lowest BCUT2D eigenvalue weighted by Crippen LogP contribution is -2.18. The second kappa shape index (κ2) is 8.28. The monoisotopic (exact) mass is 448 g/mol. The van der Waals surface area contributed by atoms with Gasteiger partial charge in [-0.3, -0.25) is 9.48 Å². The molecule has 1 heterocycles. The maximum absolute atomic E-state index is 12.3. The summed E-state index contributed by atoms with van der Waals surface area (Å²) in [5.41, 5.74) is 4.34. The molecule has 0 aliphatic rings. The Balaban J connectivity index is 1.46. The van der Waals surface area contributed by atoms with Crippen molar-refractivity contribution in [1.29, 1.82) is 0 Å². The van der Waals surface area contributed by atoms with Crippen LogP contribution < -0.4 is 5.43 Å².